The number of nitrogens with zero attached hydrogens (tertiary/aromatic N) is 4. The number of azide groups is 1. The maximum absolute atomic E-state index is 12.3. The molecule has 2 aromatic carbocycles. The number of carbonyl (C=O) groups is 2. The molecule has 14 heteroatoms. The molecular weight excluding hydrogens is 556 g/mol. The first kappa shape index (κ1) is 27.9. The maximum Gasteiger partial charge on any atom is 0.338 e. The number of esters is 2. The van der Waals surface area contributed by atoms with Crippen molar-refractivity contribution in [3.8, 4) is 5.75 Å². The van der Waals surface area contributed by atoms with Crippen LogP contribution in [0.1, 0.15) is 22.8 Å². The van der Waals surface area contributed by atoms with Gasteiger partial charge in [-0.05, 0) is 29.8 Å². The minimum Gasteiger partial charge on any atom is -0.492 e. The molecular formula is C23H23BrN4O9. The van der Waals surface area contributed by atoms with Gasteiger partial charge in [0.2, 0.25) is 6.29 Å². The van der Waals surface area contributed by atoms with E-state index in [0.717, 1.165) is 6.92 Å². The molecule has 4 atom stereocenters. The van der Waals surface area contributed by atoms with Gasteiger partial charge in [0.25, 0.3) is 5.69 Å². The number of carbonyl (C=O) groups excluding carboxylic acids is 2. The second-order valence-corrected chi connectivity index (χ2v) is 8.47. The number of alkyl halides is 1. The summed E-state index contributed by atoms with van der Waals surface area (Å²) in [5, 5.41) is 15.9. The minimum atomic E-state index is -1.31. The summed E-state index contributed by atoms with van der Waals surface area (Å²) in [6, 6.07) is 11.5. The van der Waals surface area contributed by atoms with E-state index in [4.69, 9.17) is 29.2 Å². The molecule has 13 nitrogen and oxygen atoms in total. The summed E-state index contributed by atoms with van der Waals surface area (Å²) >= 11 is 3.22. The Balaban J connectivity index is 1.77. The molecule has 0 bridgehead atoms. The number of nitro benzene ring substituents is 1. The Morgan fingerprint density at radius 3 is 2.65 bits per heavy atom. The highest BCUT2D eigenvalue weighted by molar-refractivity contribution is 9.09. The fraction of sp³-hybridized carbons (Fsp3) is 0.391. The highest BCUT2D eigenvalue weighted by atomic mass is 79.9. The molecule has 196 valence electrons. The van der Waals surface area contributed by atoms with E-state index in [1.54, 1.807) is 36.4 Å². The van der Waals surface area contributed by atoms with Crippen LogP contribution in [-0.2, 0) is 30.3 Å². The van der Waals surface area contributed by atoms with Crippen LogP contribution in [0.5, 0.6) is 5.75 Å². The molecule has 0 aromatic heterocycles. The van der Waals surface area contributed by atoms with Crippen LogP contribution in [0, 0.1) is 10.1 Å². The third kappa shape index (κ3) is 7.64. The lowest BCUT2D eigenvalue weighted by molar-refractivity contribution is -0.386. The van der Waals surface area contributed by atoms with Crippen LogP contribution in [0.3, 0.4) is 0 Å². The molecule has 0 spiro atoms. The Hall–Kier alpha value is -3.71. The highest BCUT2D eigenvalue weighted by Crippen LogP contribution is 2.31. The van der Waals surface area contributed by atoms with Crippen molar-refractivity contribution < 1.29 is 38.2 Å². The zero-order valence-corrected chi connectivity index (χ0v) is 21.2. The van der Waals surface area contributed by atoms with Gasteiger partial charge in [-0.2, -0.15) is 0 Å². The smallest absolute Gasteiger partial charge is 0.338 e. The van der Waals surface area contributed by atoms with Crippen LogP contribution in [-0.4, -0.2) is 59.9 Å². The first-order valence-electron chi connectivity index (χ1n) is 11.0. The fourth-order valence-electron chi connectivity index (χ4n) is 3.56. The summed E-state index contributed by atoms with van der Waals surface area (Å²) < 4.78 is 27.4. The van der Waals surface area contributed by atoms with E-state index in [9.17, 15) is 19.7 Å². The quantitative estimate of drug-likeness (QED) is 0.0683. The summed E-state index contributed by atoms with van der Waals surface area (Å²) in [5.41, 5.74) is 9.38. The maximum atomic E-state index is 12.3. The van der Waals surface area contributed by atoms with Gasteiger partial charge in [0, 0.05) is 17.2 Å². The molecule has 1 aliphatic rings. The van der Waals surface area contributed by atoms with E-state index in [1.165, 1.54) is 12.1 Å². The van der Waals surface area contributed by atoms with Crippen molar-refractivity contribution in [1.29, 1.82) is 0 Å². The zero-order chi connectivity index (χ0) is 26.8. The van der Waals surface area contributed by atoms with Gasteiger partial charge in [-0.3, -0.25) is 14.9 Å². The van der Waals surface area contributed by atoms with Crippen molar-refractivity contribution in [2.75, 3.05) is 18.5 Å². The number of ether oxygens (including phenoxy) is 5. The molecule has 3 rings (SSSR count). The summed E-state index contributed by atoms with van der Waals surface area (Å²) in [6.45, 7) is 0.854. The van der Waals surface area contributed by atoms with Crippen LogP contribution in [0.4, 0.5) is 5.69 Å². The topological polar surface area (TPSA) is 172 Å². The van der Waals surface area contributed by atoms with Gasteiger partial charge < -0.3 is 23.7 Å². The lowest BCUT2D eigenvalue weighted by Gasteiger charge is -2.21. The van der Waals surface area contributed by atoms with Crippen LogP contribution in [0.15, 0.2) is 53.6 Å². The van der Waals surface area contributed by atoms with Crippen molar-refractivity contribution in [1.82, 2.24) is 0 Å². The molecule has 0 aliphatic carbocycles. The number of hydrogen-bond acceptors (Lipinski definition) is 10. The van der Waals surface area contributed by atoms with Crippen molar-refractivity contribution >= 4 is 33.6 Å². The molecule has 1 heterocycles. The number of benzene rings is 2. The zero-order valence-electron chi connectivity index (χ0n) is 19.6. The van der Waals surface area contributed by atoms with E-state index >= 15 is 0 Å². The van der Waals surface area contributed by atoms with Crippen LogP contribution in [0.2, 0.25) is 0 Å². The van der Waals surface area contributed by atoms with Gasteiger partial charge in [-0.1, -0.05) is 39.2 Å². The number of hydrogen-bond donors (Lipinski definition) is 0. The Kier molecular flexibility index (Phi) is 10.2. The Morgan fingerprint density at radius 1 is 1.24 bits per heavy atom. The Morgan fingerprint density at radius 2 is 2.00 bits per heavy atom. The molecule has 1 aliphatic heterocycles. The van der Waals surface area contributed by atoms with Gasteiger partial charge in [0.05, 0.1) is 41.4 Å². The van der Waals surface area contributed by atoms with E-state index < -0.39 is 41.4 Å². The molecule has 0 saturated carbocycles. The first-order valence-corrected chi connectivity index (χ1v) is 12.1. The van der Waals surface area contributed by atoms with Crippen molar-refractivity contribution in [2.24, 2.45) is 5.11 Å². The summed E-state index contributed by atoms with van der Waals surface area (Å²) in [4.78, 5) is 37.8. The SMILES string of the molecule is CC(=O)O[C@@H]1O[C@H](COC(=O)c2ccccc2)[C@@H](N=[N+]=[N-])[C@H]1OCc1ccc(OCCBr)cc1[N+](=O)[O-]. The van der Waals surface area contributed by atoms with Crippen LogP contribution >= 0.6 is 15.9 Å². The first-order chi connectivity index (χ1) is 17.8. The fourth-order valence-corrected chi connectivity index (χ4v) is 3.72. The van der Waals surface area contributed by atoms with Crippen LogP contribution in [0.25, 0.3) is 10.4 Å². The van der Waals surface area contributed by atoms with E-state index in [2.05, 4.69) is 26.0 Å². The van der Waals surface area contributed by atoms with Crippen LogP contribution < -0.4 is 4.74 Å². The van der Waals surface area contributed by atoms with E-state index in [1.807, 2.05) is 0 Å². The van der Waals surface area contributed by atoms with Crippen molar-refractivity contribution in [3.05, 3.63) is 80.2 Å². The van der Waals surface area contributed by atoms with Gasteiger partial charge in [0.15, 0.2) is 0 Å². The largest absolute Gasteiger partial charge is 0.492 e. The molecule has 0 radical (unpaired) electrons. The van der Waals surface area contributed by atoms with E-state index in [0.29, 0.717) is 23.2 Å². The van der Waals surface area contributed by atoms with Gasteiger partial charge in [0.1, 0.15) is 24.6 Å². The monoisotopic (exact) mass is 578 g/mol. The highest BCUT2D eigenvalue weighted by Gasteiger charge is 2.48. The average Bonchev–Trinajstić information content (AvgIpc) is 3.20. The van der Waals surface area contributed by atoms with Gasteiger partial charge in [-0.15, -0.1) is 0 Å². The molecule has 0 amide bonds. The molecule has 37 heavy (non-hydrogen) atoms. The Labute approximate surface area is 219 Å². The number of nitro groups is 1. The van der Waals surface area contributed by atoms with Crippen molar-refractivity contribution in [3.63, 3.8) is 0 Å². The Bertz CT molecular complexity index is 1160. The minimum absolute atomic E-state index is 0.205. The number of halogens is 1. The number of rotatable bonds is 12. The predicted molar refractivity (Wildman–Crippen MR) is 131 cm³/mol. The second kappa shape index (κ2) is 13.6. The molecule has 0 N–H and O–H groups in total. The lowest BCUT2D eigenvalue weighted by atomic mass is 10.1. The average molecular weight is 579 g/mol. The normalized spacial score (nSPS) is 20.5. The van der Waals surface area contributed by atoms with Gasteiger partial charge >= 0.3 is 11.9 Å². The molecule has 0 unspecified atom stereocenters. The lowest BCUT2D eigenvalue weighted by Crippen LogP contribution is -2.37. The molecule has 1 fully saturated rings. The predicted octanol–water partition coefficient (Wildman–Crippen LogP) is 4.08. The summed E-state index contributed by atoms with van der Waals surface area (Å²) in [7, 11) is 0. The summed E-state index contributed by atoms with van der Waals surface area (Å²) in [6.07, 6.45) is -3.45. The molecule has 2 aromatic rings. The third-order valence-electron chi connectivity index (χ3n) is 5.18. The summed E-state index contributed by atoms with van der Waals surface area (Å²) in [5.74, 6) is -1.02. The molecule has 1 saturated heterocycles. The van der Waals surface area contributed by atoms with Gasteiger partial charge in [-0.25, -0.2) is 4.79 Å². The third-order valence-corrected chi connectivity index (χ3v) is 5.50. The van der Waals surface area contributed by atoms with E-state index in [-0.39, 0.29) is 24.5 Å². The van der Waals surface area contributed by atoms with Crippen molar-refractivity contribution in [2.45, 2.75) is 38.1 Å². The standard InChI is InChI=1S/C23H23BrN4O9/c1-14(29)36-23-21(34-12-16-7-8-17(33-10-9-24)11-18(16)28(31)32)20(26-27-25)19(37-23)13-35-22(30)15-5-3-2-4-6-15/h2-8,11,19-21,23H,9-10,12-13H2,1H3/t19-,20-,21-,23-/m1/s1. The second-order valence-electron chi connectivity index (χ2n) is 7.67.